The predicted molar refractivity (Wildman–Crippen MR) is 125 cm³/mol. The molecule has 1 saturated heterocycles. The van der Waals surface area contributed by atoms with Gasteiger partial charge in [-0.15, -0.1) is 0 Å². The van der Waals surface area contributed by atoms with Crippen molar-refractivity contribution in [2.24, 2.45) is 11.8 Å². The fourth-order valence-corrected chi connectivity index (χ4v) is 4.97. The standard InChI is InChI=1S/C26H27N3O6/c30-23(29-22-19(25(32)33)12-27-24(22)31)21(11-14-9-10-14)28-26(34)35-13-20-17-7-3-1-5-15(17)16-6-2-4-8-18(16)20/h1-8,14,19-22H,9-13H2,(H,27,31)(H,28,34)(H,29,30)(H,32,33)/t19?,21-,22?/m0/s1. The molecular weight excluding hydrogens is 450 g/mol. The van der Waals surface area contributed by atoms with Gasteiger partial charge in [0, 0.05) is 12.5 Å². The quantitative estimate of drug-likeness (QED) is 0.460. The number of carboxylic acid groups (broad SMARTS) is 1. The lowest BCUT2D eigenvalue weighted by Crippen LogP contribution is -2.53. The van der Waals surface area contributed by atoms with Crippen molar-refractivity contribution in [3.05, 3.63) is 59.7 Å². The Labute approximate surface area is 202 Å². The molecule has 4 N–H and O–H groups in total. The van der Waals surface area contributed by atoms with Crippen LogP contribution in [0.15, 0.2) is 48.5 Å². The number of fused-ring (bicyclic) bond motifs is 3. The number of rotatable bonds is 8. The lowest BCUT2D eigenvalue weighted by atomic mass is 9.98. The van der Waals surface area contributed by atoms with Crippen LogP contribution in [0.25, 0.3) is 11.1 Å². The molecule has 35 heavy (non-hydrogen) atoms. The van der Waals surface area contributed by atoms with Crippen LogP contribution in [0.5, 0.6) is 0 Å². The molecule has 1 aliphatic heterocycles. The summed E-state index contributed by atoms with van der Waals surface area (Å²) in [5.41, 5.74) is 4.40. The first-order valence-electron chi connectivity index (χ1n) is 11.8. The van der Waals surface area contributed by atoms with Gasteiger partial charge >= 0.3 is 12.1 Å². The predicted octanol–water partition coefficient (Wildman–Crippen LogP) is 2.01. The summed E-state index contributed by atoms with van der Waals surface area (Å²) >= 11 is 0. The van der Waals surface area contributed by atoms with E-state index in [9.17, 15) is 24.3 Å². The largest absolute Gasteiger partial charge is 0.481 e. The number of hydrogen-bond donors (Lipinski definition) is 4. The number of benzene rings is 2. The van der Waals surface area contributed by atoms with E-state index in [-0.39, 0.29) is 19.1 Å². The topological polar surface area (TPSA) is 134 Å². The minimum atomic E-state index is -1.17. The van der Waals surface area contributed by atoms with E-state index in [0.29, 0.717) is 12.3 Å². The molecule has 9 nitrogen and oxygen atoms in total. The molecular formula is C26H27N3O6. The molecule has 0 radical (unpaired) electrons. The highest BCUT2D eigenvalue weighted by atomic mass is 16.5. The molecule has 2 aliphatic carbocycles. The highest BCUT2D eigenvalue weighted by Gasteiger charge is 2.42. The van der Waals surface area contributed by atoms with Gasteiger partial charge in [0.25, 0.3) is 0 Å². The van der Waals surface area contributed by atoms with Crippen LogP contribution in [0.4, 0.5) is 4.79 Å². The average molecular weight is 478 g/mol. The van der Waals surface area contributed by atoms with Crippen LogP contribution in [-0.2, 0) is 19.1 Å². The van der Waals surface area contributed by atoms with Crippen molar-refractivity contribution < 1.29 is 29.0 Å². The number of ether oxygens (including phenoxy) is 1. The molecule has 3 aliphatic rings. The van der Waals surface area contributed by atoms with Gasteiger partial charge in [0.2, 0.25) is 11.8 Å². The van der Waals surface area contributed by atoms with Crippen LogP contribution in [0.2, 0.25) is 0 Å². The van der Waals surface area contributed by atoms with Crippen LogP contribution >= 0.6 is 0 Å². The molecule has 0 bridgehead atoms. The van der Waals surface area contributed by atoms with Gasteiger partial charge in [0.1, 0.15) is 24.6 Å². The van der Waals surface area contributed by atoms with Gasteiger partial charge in [-0.25, -0.2) is 4.79 Å². The van der Waals surface area contributed by atoms with Crippen LogP contribution in [0.1, 0.15) is 36.3 Å². The van der Waals surface area contributed by atoms with Crippen LogP contribution < -0.4 is 16.0 Å². The molecule has 0 aromatic heterocycles. The van der Waals surface area contributed by atoms with E-state index in [0.717, 1.165) is 35.1 Å². The van der Waals surface area contributed by atoms with Crippen molar-refractivity contribution in [3.63, 3.8) is 0 Å². The number of nitrogens with one attached hydrogen (secondary N) is 3. The summed E-state index contributed by atoms with van der Waals surface area (Å²) in [5.74, 6) is -3.16. The van der Waals surface area contributed by atoms with E-state index in [2.05, 4.69) is 16.0 Å². The molecule has 2 unspecified atom stereocenters. The maximum absolute atomic E-state index is 12.9. The number of aliphatic carboxylic acids is 1. The van der Waals surface area contributed by atoms with E-state index in [1.54, 1.807) is 0 Å². The molecule has 2 aromatic carbocycles. The highest BCUT2D eigenvalue weighted by Crippen LogP contribution is 2.44. The van der Waals surface area contributed by atoms with Crippen molar-refractivity contribution in [2.75, 3.05) is 13.2 Å². The van der Waals surface area contributed by atoms with Crippen LogP contribution in [0, 0.1) is 11.8 Å². The molecule has 2 aromatic rings. The number of carboxylic acids is 1. The maximum Gasteiger partial charge on any atom is 0.407 e. The van der Waals surface area contributed by atoms with E-state index in [1.807, 2.05) is 48.5 Å². The molecule has 3 amide bonds. The zero-order valence-electron chi connectivity index (χ0n) is 19.0. The average Bonchev–Trinajstić information content (AvgIpc) is 3.51. The Hall–Kier alpha value is -3.88. The highest BCUT2D eigenvalue weighted by molar-refractivity contribution is 5.96. The molecule has 9 heteroatoms. The molecule has 5 rings (SSSR count). The summed E-state index contributed by atoms with van der Waals surface area (Å²) < 4.78 is 5.57. The SMILES string of the molecule is O=C(N[C@@H](CC1CC1)C(=O)NC1C(=O)NCC1C(=O)O)OCC1c2ccccc2-c2ccccc21. The molecule has 1 heterocycles. The normalized spacial score (nSPS) is 21.4. The minimum absolute atomic E-state index is 0.0494. The van der Waals surface area contributed by atoms with Crippen molar-refractivity contribution in [1.82, 2.24) is 16.0 Å². The lowest BCUT2D eigenvalue weighted by Gasteiger charge is -2.22. The van der Waals surface area contributed by atoms with Gasteiger partial charge in [0.15, 0.2) is 0 Å². The third-order valence-electron chi connectivity index (χ3n) is 7.01. The van der Waals surface area contributed by atoms with E-state index in [4.69, 9.17) is 4.74 Å². The molecule has 3 atom stereocenters. The van der Waals surface area contributed by atoms with Crippen molar-refractivity contribution in [3.8, 4) is 11.1 Å². The van der Waals surface area contributed by atoms with Gasteiger partial charge < -0.3 is 25.8 Å². The first kappa shape index (κ1) is 22.9. The number of carbonyl (C=O) groups is 4. The van der Waals surface area contributed by atoms with E-state index < -0.39 is 41.9 Å². The minimum Gasteiger partial charge on any atom is -0.481 e. The zero-order valence-corrected chi connectivity index (χ0v) is 19.0. The lowest BCUT2D eigenvalue weighted by molar-refractivity contribution is -0.143. The van der Waals surface area contributed by atoms with Gasteiger partial charge in [-0.2, -0.15) is 0 Å². The first-order valence-corrected chi connectivity index (χ1v) is 11.8. The number of hydrogen-bond acceptors (Lipinski definition) is 5. The summed E-state index contributed by atoms with van der Waals surface area (Å²) in [6, 6.07) is 13.9. The Balaban J connectivity index is 1.24. The van der Waals surface area contributed by atoms with Crippen molar-refractivity contribution >= 4 is 23.9 Å². The second-order valence-electron chi connectivity index (χ2n) is 9.38. The molecule has 2 fully saturated rings. The Morgan fingerprint density at radius 1 is 1.03 bits per heavy atom. The summed E-state index contributed by atoms with van der Waals surface area (Å²) in [6.45, 7) is 0.0654. The number of carbonyl (C=O) groups excluding carboxylic acids is 3. The summed E-state index contributed by atoms with van der Waals surface area (Å²) in [7, 11) is 0. The van der Waals surface area contributed by atoms with Gasteiger partial charge in [-0.05, 0) is 34.6 Å². The second kappa shape index (κ2) is 9.40. The molecule has 182 valence electrons. The summed E-state index contributed by atoms with van der Waals surface area (Å²) in [4.78, 5) is 49.2. The molecule has 1 saturated carbocycles. The van der Waals surface area contributed by atoms with E-state index in [1.165, 1.54) is 0 Å². The van der Waals surface area contributed by atoms with E-state index >= 15 is 0 Å². The number of amides is 3. The Morgan fingerprint density at radius 3 is 2.26 bits per heavy atom. The van der Waals surface area contributed by atoms with Crippen LogP contribution in [0.3, 0.4) is 0 Å². The third-order valence-corrected chi connectivity index (χ3v) is 7.01. The Morgan fingerprint density at radius 2 is 1.66 bits per heavy atom. The third kappa shape index (κ3) is 4.71. The van der Waals surface area contributed by atoms with Gasteiger partial charge in [-0.3, -0.25) is 14.4 Å². The summed E-state index contributed by atoms with van der Waals surface area (Å²) in [5, 5.41) is 17.0. The van der Waals surface area contributed by atoms with Crippen molar-refractivity contribution in [1.29, 1.82) is 0 Å². The second-order valence-corrected chi connectivity index (χ2v) is 9.38. The smallest absolute Gasteiger partial charge is 0.407 e. The Bertz CT molecular complexity index is 1130. The van der Waals surface area contributed by atoms with Crippen molar-refractivity contribution in [2.45, 2.75) is 37.3 Å². The van der Waals surface area contributed by atoms with Gasteiger partial charge in [0.05, 0.1) is 0 Å². The zero-order chi connectivity index (χ0) is 24.5. The fraction of sp³-hybridized carbons (Fsp3) is 0.385. The van der Waals surface area contributed by atoms with Gasteiger partial charge in [-0.1, -0.05) is 61.4 Å². The first-order chi connectivity index (χ1) is 16.9. The monoisotopic (exact) mass is 477 g/mol. The fourth-order valence-electron chi connectivity index (χ4n) is 4.97. The molecule has 0 spiro atoms. The Kier molecular flexibility index (Phi) is 6.15. The summed E-state index contributed by atoms with van der Waals surface area (Å²) in [6.07, 6.45) is 1.59. The maximum atomic E-state index is 12.9. The number of alkyl carbamates (subject to hydrolysis) is 1. The van der Waals surface area contributed by atoms with Crippen LogP contribution in [-0.4, -0.2) is 54.2 Å².